The monoisotopic (exact) mass is 535 g/mol. The summed E-state index contributed by atoms with van der Waals surface area (Å²) in [6.45, 7) is 5.38. The Labute approximate surface area is 228 Å². The number of nitrogens with zero attached hydrogens (tertiary/aromatic N) is 7. The predicted molar refractivity (Wildman–Crippen MR) is 143 cm³/mol. The van der Waals surface area contributed by atoms with Gasteiger partial charge in [-0.2, -0.15) is 9.65 Å². The number of carbonyl (C=O) groups is 1. The van der Waals surface area contributed by atoms with Gasteiger partial charge < -0.3 is 15.2 Å². The molecular weight excluding hydrogens is 513 g/mol. The molecule has 5 rings (SSSR count). The average molecular weight is 536 g/mol. The van der Waals surface area contributed by atoms with Crippen LogP contribution in [-0.2, 0) is 0 Å². The minimum Gasteiger partial charge on any atom is -0.344 e. The van der Waals surface area contributed by atoms with Gasteiger partial charge >= 0.3 is 0 Å². The lowest BCUT2D eigenvalue weighted by Crippen LogP contribution is -2.27. The number of pyridine rings is 3. The van der Waals surface area contributed by atoms with Gasteiger partial charge in [-0.1, -0.05) is 11.2 Å². The first-order chi connectivity index (χ1) is 19.3. The van der Waals surface area contributed by atoms with Gasteiger partial charge in [0.25, 0.3) is 5.91 Å². The minimum absolute atomic E-state index is 0.0757. The first-order valence-corrected chi connectivity index (χ1v) is 12.2. The van der Waals surface area contributed by atoms with Gasteiger partial charge in [0.15, 0.2) is 11.6 Å². The van der Waals surface area contributed by atoms with Gasteiger partial charge in [0.2, 0.25) is 11.7 Å². The van der Waals surface area contributed by atoms with E-state index in [1.807, 2.05) is 32.0 Å². The van der Waals surface area contributed by atoms with Crippen LogP contribution in [0.2, 0.25) is 0 Å². The van der Waals surface area contributed by atoms with Crippen LogP contribution in [0.1, 0.15) is 46.2 Å². The van der Waals surface area contributed by atoms with Crippen molar-refractivity contribution < 1.29 is 13.7 Å². The highest BCUT2D eigenvalue weighted by Gasteiger charge is 2.15. The number of nitrogens with one attached hydrogen (secondary N) is 2. The van der Waals surface area contributed by atoms with Crippen LogP contribution < -0.4 is 10.6 Å². The molecule has 5 aromatic rings. The van der Waals surface area contributed by atoms with Crippen molar-refractivity contribution in [3.05, 3.63) is 95.3 Å². The van der Waals surface area contributed by atoms with Crippen LogP contribution in [0, 0.1) is 31.1 Å². The van der Waals surface area contributed by atoms with E-state index in [4.69, 9.17) is 9.78 Å². The first-order valence-electron chi connectivity index (χ1n) is 12.2. The molecule has 0 aliphatic carbocycles. The zero-order chi connectivity index (χ0) is 28.2. The highest BCUT2D eigenvalue weighted by molar-refractivity contribution is 5.92. The third-order valence-corrected chi connectivity index (χ3v) is 5.95. The molecule has 2 N–H and O–H groups in total. The normalized spacial score (nSPS) is 11.5. The lowest BCUT2D eigenvalue weighted by molar-refractivity contribution is 0.0935. The molecule has 0 saturated heterocycles. The molecule has 0 saturated carbocycles. The Morgan fingerprint density at radius 1 is 1.00 bits per heavy atom. The number of aromatic nitrogens is 6. The fourth-order valence-electron chi connectivity index (χ4n) is 3.92. The Hall–Kier alpha value is -5.57. The lowest BCUT2D eigenvalue weighted by atomic mass is 10.1. The molecule has 0 radical (unpaired) electrons. The summed E-state index contributed by atoms with van der Waals surface area (Å²) in [5.41, 5.74) is 4.27. The number of carbonyl (C=O) groups excluding carboxylic acids is 1. The van der Waals surface area contributed by atoms with Gasteiger partial charge in [0.05, 0.1) is 11.7 Å². The van der Waals surface area contributed by atoms with Gasteiger partial charge in [-0.05, 0) is 56.7 Å². The standard InChI is InChI=1S/C28H22FN9O2/c1-15-10-25(36-26-11-20(12-30)40-38-26)37-27(33-15)19-5-8-23(32-14-19)28(39)35-16(2)18-4-7-22(31-13-18)21-6-9-24(29)34-17(21)3/h4-11,13-14,16H,1-3H3,(H,35,39)(H,33,36,37,38). The number of hydrogen-bond acceptors (Lipinski definition) is 10. The third kappa shape index (κ3) is 5.78. The molecule has 12 heteroatoms. The van der Waals surface area contributed by atoms with Crippen LogP contribution in [0.5, 0.6) is 0 Å². The van der Waals surface area contributed by atoms with Crippen molar-refractivity contribution >= 4 is 17.5 Å². The van der Waals surface area contributed by atoms with Gasteiger partial charge in [0.1, 0.15) is 17.6 Å². The highest BCUT2D eigenvalue weighted by Crippen LogP contribution is 2.23. The van der Waals surface area contributed by atoms with Crippen molar-refractivity contribution in [2.24, 2.45) is 0 Å². The summed E-state index contributed by atoms with van der Waals surface area (Å²) < 4.78 is 18.2. The van der Waals surface area contributed by atoms with Crippen molar-refractivity contribution in [2.75, 3.05) is 5.32 Å². The highest BCUT2D eigenvalue weighted by atomic mass is 19.1. The summed E-state index contributed by atoms with van der Waals surface area (Å²) in [4.78, 5) is 34.4. The number of rotatable bonds is 7. The zero-order valence-electron chi connectivity index (χ0n) is 21.7. The summed E-state index contributed by atoms with van der Waals surface area (Å²) in [7, 11) is 0. The van der Waals surface area contributed by atoms with Crippen molar-refractivity contribution in [3.8, 4) is 28.7 Å². The Morgan fingerprint density at radius 2 is 1.85 bits per heavy atom. The van der Waals surface area contributed by atoms with E-state index in [9.17, 15) is 9.18 Å². The number of anilines is 2. The van der Waals surface area contributed by atoms with E-state index in [1.165, 1.54) is 18.3 Å². The van der Waals surface area contributed by atoms with Crippen LogP contribution in [-0.4, -0.2) is 36.0 Å². The second kappa shape index (κ2) is 11.0. The van der Waals surface area contributed by atoms with Crippen molar-refractivity contribution in [1.82, 2.24) is 35.4 Å². The maximum Gasteiger partial charge on any atom is 0.270 e. The van der Waals surface area contributed by atoms with E-state index in [0.29, 0.717) is 40.1 Å². The molecule has 40 heavy (non-hydrogen) atoms. The Bertz CT molecular complexity index is 1730. The van der Waals surface area contributed by atoms with E-state index in [-0.39, 0.29) is 23.4 Å². The summed E-state index contributed by atoms with van der Waals surface area (Å²) in [5, 5.41) is 18.6. The minimum atomic E-state index is -0.539. The molecule has 0 bridgehead atoms. The molecule has 1 unspecified atom stereocenters. The second-order valence-corrected chi connectivity index (χ2v) is 8.90. The summed E-state index contributed by atoms with van der Waals surface area (Å²) in [6.07, 6.45) is 3.19. The van der Waals surface area contributed by atoms with Crippen LogP contribution in [0.3, 0.4) is 0 Å². The van der Waals surface area contributed by atoms with Crippen LogP contribution in [0.4, 0.5) is 16.0 Å². The lowest BCUT2D eigenvalue weighted by Gasteiger charge is -2.14. The molecule has 5 heterocycles. The molecule has 5 aromatic heterocycles. The van der Waals surface area contributed by atoms with E-state index < -0.39 is 5.95 Å². The molecule has 1 atom stereocenters. The summed E-state index contributed by atoms with van der Waals surface area (Å²) in [6, 6.07) is 14.6. The number of aryl methyl sites for hydroxylation is 2. The van der Waals surface area contributed by atoms with E-state index in [2.05, 4.69) is 40.7 Å². The van der Waals surface area contributed by atoms with E-state index in [1.54, 1.807) is 37.4 Å². The molecule has 0 aliphatic heterocycles. The molecule has 0 spiro atoms. The Balaban J connectivity index is 1.25. The van der Waals surface area contributed by atoms with E-state index in [0.717, 1.165) is 11.1 Å². The van der Waals surface area contributed by atoms with Crippen LogP contribution >= 0.6 is 0 Å². The first kappa shape index (κ1) is 26.1. The van der Waals surface area contributed by atoms with Crippen molar-refractivity contribution in [1.29, 1.82) is 5.26 Å². The van der Waals surface area contributed by atoms with Crippen LogP contribution in [0.25, 0.3) is 22.6 Å². The van der Waals surface area contributed by atoms with Gasteiger partial charge in [-0.3, -0.25) is 14.8 Å². The van der Waals surface area contributed by atoms with Crippen molar-refractivity contribution in [2.45, 2.75) is 26.8 Å². The quantitative estimate of drug-likeness (QED) is 0.276. The fraction of sp³-hybridized carbons (Fsp3) is 0.143. The zero-order valence-corrected chi connectivity index (χ0v) is 21.7. The maximum atomic E-state index is 13.3. The largest absolute Gasteiger partial charge is 0.344 e. The van der Waals surface area contributed by atoms with Gasteiger partial charge in [-0.25, -0.2) is 15.0 Å². The third-order valence-electron chi connectivity index (χ3n) is 5.95. The molecule has 0 aliphatic rings. The Morgan fingerprint density at radius 3 is 2.52 bits per heavy atom. The Kier molecular flexibility index (Phi) is 7.19. The predicted octanol–water partition coefficient (Wildman–Crippen LogP) is 4.85. The molecule has 0 fully saturated rings. The van der Waals surface area contributed by atoms with Gasteiger partial charge in [-0.15, -0.1) is 0 Å². The molecular formula is C28H22FN9O2. The van der Waals surface area contributed by atoms with Crippen molar-refractivity contribution in [3.63, 3.8) is 0 Å². The fourth-order valence-corrected chi connectivity index (χ4v) is 3.92. The number of amides is 1. The number of nitriles is 1. The average Bonchev–Trinajstić information content (AvgIpc) is 3.40. The summed E-state index contributed by atoms with van der Waals surface area (Å²) in [5.74, 6) is 0.383. The second-order valence-electron chi connectivity index (χ2n) is 8.90. The number of hydrogen-bond donors (Lipinski definition) is 2. The van der Waals surface area contributed by atoms with Crippen LogP contribution in [0.15, 0.2) is 65.4 Å². The summed E-state index contributed by atoms with van der Waals surface area (Å²) >= 11 is 0. The SMILES string of the molecule is Cc1cc(Nc2cc(C#N)on2)nc(-c2ccc(C(=O)NC(C)c3ccc(-c4ccc(F)nc4C)nc3)nc2)n1. The smallest absolute Gasteiger partial charge is 0.270 e. The van der Waals surface area contributed by atoms with E-state index >= 15 is 0 Å². The number of halogens is 1. The molecule has 198 valence electrons. The molecule has 1 amide bonds. The maximum absolute atomic E-state index is 13.3. The molecule has 11 nitrogen and oxygen atoms in total. The van der Waals surface area contributed by atoms with Gasteiger partial charge in [0, 0.05) is 47.0 Å². The molecule has 0 aromatic carbocycles. The topological polar surface area (TPSA) is 155 Å².